The maximum absolute atomic E-state index is 12.5. The number of nitrogens with two attached hydrogens (primary N) is 1. The number of nitrogens with zero attached hydrogens (tertiary/aromatic N) is 1. The molecular formula is C16H15ClN4O2. The third-order valence-corrected chi connectivity index (χ3v) is 3.95. The summed E-state index contributed by atoms with van der Waals surface area (Å²) >= 11 is 6.02. The minimum absolute atomic E-state index is 0.149. The topological polar surface area (TPSA) is 87.5 Å². The van der Waals surface area contributed by atoms with Gasteiger partial charge in [-0.05, 0) is 17.7 Å². The van der Waals surface area contributed by atoms with Gasteiger partial charge in [-0.2, -0.15) is 0 Å². The Hall–Kier alpha value is -2.57. The average molecular weight is 331 g/mol. The molecule has 1 aliphatic rings. The van der Waals surface area contributed by atoms with E-state index in [1.807, 2.05) is 36.4 Å². The van der Waals surface area contributed by atoms with Gasteiger partial charge < -0.3 is 10.2 Å². The Bertz CT molecular complexity index is 751. The van der Waals surface area contributed by atoms with Crippen molar-refractivity contribution in [2.75, 3.05) is 11.9 Å². The molecule has 118 valence electrons. The number of amides is 3. The number of urea groups is 1. The van der Waals surface area contributed by atoms with Crippen molar-refractivity contribution in [1.29, 1.82) is 0 Å². The molecular weight excluding hydrogens is 316 g/mol. The monoisotopic (exact) mass is 330 g/mol. The second-order valence-corrected chi connectivity index (χ2v) is 5.61. The van der Waals surface area contributed by atoms with Crippen LogP contribution in [-0.4, -0.2) is 23.4 Å². The third-order valence-electron chi connectivity index (χ3n) is 3.71. The molecule has 0 bridgehead atoms. The number of rotatable bonds is 3. The average Bonchev–Trinajstić information content (AvgIpc) is 2.56. The summed E-state index contributed by atoms with van der Waals surface area (Å²) in [6, 6.07) is 14.0. The van der Waals surface area contributed by atoms with Crippen LogP contribution in [0, 0.1) is 0 Å². The van der Waals surface area contributed by atoms with E-state index < -0.39 is 11.9 Å². The Balaban J connectivity index is 2.10. The lowest BCUT2D eigenvalue weighted by Gasteiger charge is -2.37. The van der Waals surface area contributed by atoms with E-state index in [4.69, 9.17) is 17.4 Å². The molecule has 0 saturated heterocycles. The first-order valence-corrected chi connectivity index (χ1v) is 7.39. The van der Waals surface area contributed by atoms with Gasteiger partial charge in [0.25, 0.3) is 5.91 Å². The summed E-state index contributed by atoms with van der Waals surface area (Å²) < 4.78 is 0. The zero-order valence-electron chi connectivity index (χ0n) is 12.1. The molecule has 4 N–H and O–H groups in total. The first-order valence-electron chi connectivity index (χ1n) is 7.01. The first kappa shape index (κ1) is 15.3. The van der Waals surface area contributed by atoms with Crippen LogP contribution in [0.2, 0.25) is 5.02 Å². The lowest BCUT2D eigenvalue weighted by Crippen LogP contribution is -2.48. The number of anilines is 1. The second kappa shape index (κ2) is 6.28. The standard InChI is InChI=1S/C16H15ClN4O2/c17-11-6-7-12-13(8-11)19-16(23)21(9-14(22)20-18)15(12)10-4-2-1-3-5-10/h1-8,15H,9,18H2,(H,19,23)(H,20,22). The predicted molar refractivity (Wildman–Crippen MR) is 87.8 cm³/mol. The Morgan fingerprint density at radius 1 is 1.26 bits per heavy atom. The summed E-state index contributed by atoms with van der Waals surface area (Å²) in [5.41, 5.74) is 4.46. The van der Waals surface area contributed by atoms with Gasteiger partial charge in [0, 0.05) is 16.3 Å². The van der Waals surface area contributed by atoms with E-state index in [-0.39, 0.29) is 12.6 Å². The lowest BCUT2D eigenvalue weighted by molar-refractivity contribution is -0.122. The number of fused-ring (bicyclic) bond motifs is 1. The second-order valence-electron chi connectivity index (χ2n) is 5.17. The fourth-order valence-electron chi connectivity index (χ4n) is 2.71. The van der Waals surface area contributed by atoms with E-state index in [0.717, 1.165) is 11.1 Å². The number of halogens is 1. The number of hydrogen-bond acceptors (Lipinski definition) is 3. The van der Waals surface area contributed by atoms with Gasteiger partial charge in [0.1, 0.15) is 6.54 Å². The molecule has 1 unspecified atom stereocenters. The number of nitrogens with one attached hydrogen (secondary N) is 2. The van der Waals surface area contributed by atoms with Crippen molar-refractivity contribution in [3.05, 3.63) is 64.7 Å². The van der Waals surface area contributed by atoms with Gasteiger partial charge in [-0.25, -0.2) is 10.6 Å². The fourth-order valence-corrected chi connectivity index (χ4v) is 2.88. The minimum atomic E-state index is -0.446. The normalized spacial score (nSPS) is 16.5. The molecule has 3 amide bonds. The summed E-state index contributed by atoms with van der Waals surface area (Å²) in [6.07, 6.45) is 0. The lowest BCUT2D eigenvalue weighted by atomic mass is 9.94. The molecule has 1 aliphatic heterocycles. The van der Waals surface area contributed by atoms with Crippen molar-refractivity contribution >= 4 is 29.2 Å². The van der Waals surface area contributed by atoms with E-state index >= 15 is 0 Å². The van der Waals surface area contributed by atoms with Crippen LogP contribution in [-0.2, 0) is 4.79 Å². The highest BCUT2D eigenvalue weighted by atomic mass is 35.5. The van der Waals surface area contributed by atoms with Crippen molar-refractivity contribution in [2.24, 2.45) is 5.84 Å². The van der Waals surface area contributed by atoms with Gasteiger partial charge >= 0.3 is 6.03 Å². The fraction of sp³-hybridized carbons (Fsp3) is 0.125. The highest BCUT2D eigenvalue weighted by Crippen LogP contribution is 2.38. The highest BCUT2D eigenvalue weighted by molar-refractivity contribution is 6.31. The van der Waals surface area contributed by atoms with Crippen LogP contribution < -0.4 is 16.6 Å². The molecule has 2 aromatic rings. The summed E-state index contributed by atoms with van der Waals surface area (Å²) in [6.45, 7) is -0.149. The molecule has 2 aromatic carbocycles. The molecule has 0 aromatic heterocycles. The molecule has 1 atom stereocenters. The number of carbonyl (C=O) groups is 2. The van der Waals surface area contributed by atoms with E-state index in [1.54, 1.807) is 12.1 Å². The van der Waals surface area contributed by atoms with Gasteiger partial charge in [0.2, 0.25) is 0 Å². The Morgan fingerprint density at radius 2 is 2.00 bits per heavy atom. The zero-order valence-corrected chi connectivity index (χ0v) is 12.9. The van der Waals surface area contributed by atoms with Crippen molar-refractivity contribution in [2.45, 2.75) is 6.04 Å². The van der Waals surface area contributed by atoms with Gasteiger partial charge in [-0.3, -0.25) is 10.2 Å². The number of benzene rings is 2. The van der Waals surface area contributed by atoms with E-state index in [0.29, 0.717) is 10.7 Å². The number of hydrazine groups is 1. The van der Waals surface area contributed by atoms with Gasteiger partial charge in [-0.15, -0.1) is 0 Å². The Morgan fingerprint density at radius 3 is 2.70 bits per heavy atom. The molecule has 0 radical (unpaired) electrons. The van der Waals surface area contributed by atoms with E-state index in [1.165, 1.54) is 4.90 Å². The molecule has 0 spiro atoms. The number of hydrogen-bond donors (Lipinski definition) is 3. The van der Waals surface area contributed by atoms with E-state index in [2.05, 4.69) is 10.7 Å². The smallest absolute Gasteiger partial charge is 0.307 e. The first-order chi connectivity index (χ1) is 11.1. The molecule has 0 aliphatic carbocycles. The molecule has 1 heterocycles. The Kier molecular flexibility index (Phi) is 4.18. The van der Waals surface area contributed by atoms with Crippen LogP contribution >= 0.6 is 11.6 Å². The molecule has 3 rings (SSSR count). The van der Waals surface area contributed by atoms with Crippen LogP contribution in [0.15, 0.2) is 48.5 Å². The molecule has 6 nitrogen and oxygen atoms in total. The van der Waals surface area contributed by atoms with Crippen molar-refractivity contribution in [3.8, 4) is 0 Å². The SMILES string of the molecule is NNC(=O)CN1C(=O)Nc2cc(Cl)ccc2C1c1ccccc1. The predicted octanol–water partition coefficient (Wildman–Crippen LogP) is 2.27. The van der Waals surface area contributed by atoms with Crippen molar-refractivity contribution in [1.82, 2.24) is 10.3 Å². The van der Waals surface area contributed by atoms with Gasteiger partial charge in [0.05, 0.1) is 6.04 Å². The van der Waals surface area contributed by atoms with Crippen LogP contribution in [0.25, 0.3) is 0 Å². The van der Waals surface area contributed by atoms with Crippen LogP contribution in [0.3, 0.4) is 0 Å². The summed E-state index contributed by atoms with van der Waals surface area (Å²) in [7, 11) is 0. The van der Waals surface area contributed by atoms with Crippen molar-refractivity contribution in [3.63, 3.8) is 0 Å². The maximum Gasteiger partial charge on any atom is 0.323 e. The largest absolute Gasteiger partial charge is 0.323 e. The maximum atomic E-state index is 12.5. The zero-order chi connectivity index (χ0) is 16.4. The van der Waals surface area contributed by atoms with Gasteiger partial charge in [0.15, 0.2) is 0 Å². The van der Waals surface area contributed by atoms with Crippen molar-refractivity contribution < 1.29 is 9.59 Å². The number of carbonyl (C=O) groups excluding carboxylic acids is 2. The highest BCUT2D eigenvalue weighted by Gasteiger charge is 2.34. The molecule has 0 fully saturated rings. The van der Waals surface area contributed by atoms with Crippen LogP contribution in [0.4, 0.5) is 10.5 Å². The minimum Gasteiger partial charge on any atom is -0.307 e. The summed E-state index contributed by atoms with van der Waals surface area (Å²) in [5, 5.41) is 3.29. The van der Waals surface area contributed by atoms with E-state index in [9.17, 15) is 9.59 Å². The molecule has 23 heavy (non-hydrogen) atoms. The molecule has 7 heteroatoms. The summed E-state index contributed by atoms with van der Waals surface area (Å²) in [4.78, 5) is 25.6. The summed E-state index contributed by atoms with van der Waals surface area (Å²) in [5.74, 6) is 4.71. The van der Waals surface area contributed by atoms with Crippen LogP contribution in [0.5, 0.6) is 0 Å². The van der Waals surface area contributed by atoms with Crippen LogP contribution in [0.1, 0.15) is 17.2 Å². The molecule has 0 saturated carbocycles. The third kappa shape index (κ3) is 2.99. The van der Waals surface area contributed by atoms with Gasteiger partial charge in [-0.1, -0.05) is 48.0 Å². The Labute approximate surface area is 138 Å². The quantitative estimate of drug-likeness (QED) is 0.458.